The van der Waals surface area contributed by atoms with Gasteiger partial charge in [0.2, 0.25) is 0 Å². The number of hydrogen-bond donors (Lipinski definition) is 1. The molecule has 1 fully saturated rings. The first-order valence-electron chi connectivity index (χ1n) is 8.26. The molecule has 126 valence electrons. The zero-order valence-corrected chi connectivity index (χ0v) is 13.5. The molecule has 23 heavy (non-hydrogen) atoms. The van der Waals surface area contributed by atoms with Crippen molar-refractivity contribution in [2.75, 3.05) is 0 Å². The molecular formula is C18H24FNO3. The van der Waals surface area contributed by atoms with Crippen LogP contribution in [0, 0.1) is 11.7 Å². The van der Waals surface area contributed by atoms with Crippen molar-refractivity contribution in [3.05, 3.63) is 35.6 Å². The molecule has 1 aliphatic carbocycles. The van der Waals surface area contributed by atoms with E-state index in [-0.39, 0.29) is 24.2 Å². The van der Waals surface area contributed by atoms with Crippen LogP contribution in [0.2, 0.25) is 0 Å². The molecule has 1 N–H and O–H groups in total. The molecule has 1 aromatic rings. The highest BCUT2D eigenvalue weighted by molar-refractivity contribution is 5.83. The van der Waals surface area contributed by atoms with E-state index in [0.29, 0.717) is 12.3 Å². The van der Waals surface area contributed by atoms with Gasteiger partial charge in [0.05, 0.1) is 0 Å². The number of carbonyl (C=O) groups is 2. The molecule has 1 aliphatic rings. The standard InChI is InChI=1S/C18H24FNO3/c1-13(23-17(21)11-14-5-3-2-4-6-14)18(22)20-12-15-7-9-16(19)10-8-15/h7-10,13-14H,2-6,11-12H2,1H3,(H,20,22). The first kappa shape index (κ1) is 17.4. The SMILES string of the molecule is CC(OC(=O)CC1CCCCC1)C(=O)NCc1ccc(F)cc1. The first-order chi connectivity index (χ1) is 11.0. The van der Waals surface area contributed by atoms with E-state index in [9.17, 15) is 14.0 Å². The van der Waals surface area contributed by atoms with E-state index < -0.39 is 6.10 Å². The van der Waals surface area contributed by atoms with Crippen LogP contribution >= 0.6 is 0 Å². The number of ether oxygens (including phenoxy) is 1. The number of nitrogens with one attached hydrogen (secondary N) is 1. The molecule has 0 saturated heterocycles. The molecule has 1 amide bonds. The van der Waals surface area contributed by atoms with E-state index in [1.807, 2.05) is 0 Å². The highest BCUT2D eigenvalue weighted by atomic mass is 19.1. The largest absolute Gasteiger partial charge is 0.453 e. The lowest BCUT2D eigenvalue weighted by molar-refractivity contribution is -0.156. The van der Waals surface area contributed by atoms with Crippen molar-refractivity contribution in [1.29, 1.82) is 0 Å². The van der Waals surface area contributed by atoms with Crippen molar-refractivity contribution in [3.8, 4) is 0 Å². The van der Waals surface area contributed by atoms with Crippen molar-refractivity contribution in [3.63, 3.8) is 0 Å². The third kappa shape index (κ3) is 6.00. The average Bonchev–Trinajstić information content (AvgIpc) is 2.54. The number of hydrogen-bond acceptors (Lipinski definition) is 3. The Kier molecular flexibility index (Phi) is 6.56. The van der Waals surface area contributed by atoms with Crippen LogP contribution in [0.1, 0.15) is 51.0 Å². The monoisotopic (exact) mass is 321 g/mol. The summed E-state index contributed by atoms with van der Waals surface area (Å²) in [5.74, 6) is -0.566. The Morgan fingerprint density at radius 3 is 2.52 bits per heavy atom. The van der Waals surface area contributed by atoms with Gasteiger partial charge < -0.3 is 10.1 Å². The van der Waals surface area contributed by atoms with Gasteiger partial charge in [-0.05, 0) is 43.4 Å². The predicted molar refractivity (Wildman–Crippen MR) is 85.0 cm³/mol. The van der Waals surface area contributed by atoms with Gasteiger partial charge in [0.25, 0.3) is 5.91 Å². The maximum atomic E-state index is 12.8. The number of benzene rings is 1. The summed E-state index contributed by atoms with van der Waals surface area (Å²) < 4.78 is 18.0. The van der Waals surface area contributed by atoms with Gasteiger partial charge in [0.15, 0.2) is 6.10 Å². The molecule has 1 saturated carbocycles. The Labute approximate surface area is 136 Å². The number of carbonyl (C=O) groups excluding carboxylic acids is 2. The molecule has 4 nitrogen and oxygen atoms in total. The highest BCUT2D eigenvalue weighted by Crippen LogP contribution is 2.26. The minimum Gasteiger partial charge on any atom is -0.453 e. The summed E-state index contributed by atoms with van der Waals surface area (Å²) in [4.78, 5) is 23.8. The number of rotatable bonds is 6. The molecular weight excluding hydrogens is 297 g/mol. The summed E-state index contributed by atoms with van der Waals surface area (Å²) in [6.07, 6.45) is 5.31. The van der Waals surface area contributed by atoms with Gasteiger partial charge in [0.1, 0.15) is 5.82 Å². The second kappa shape index (κ2) is 8.65. The topological polar surface area (TPSA) is 55.4 Å². The Balaban J connectivity index is 1.71. The van der Waals surface area contributed by atoms with E-state index in [1.54, 1.807) is 19.1 Å². The van der Waals surface area contributed by atoms with Gasteiger partial charge in [-0.2, -0.15) is 0 Å². The van der Waals surface area contributed by atoms with Crippen LogP contribution in [0.25, 0.3) is 0 Å². The maximum Gasteiger partial charge on any atom is 0.306 e. The number of esters is 1. The fraction of sp³-hybridized carbons (Fsp3) is 0.556. The summed E-state index contributed by atoms with van der Waals surface area (Å²) in [6, 6.07) is 5.90. The number of halogens is 1. The molecule has 0 spiro atoms. The van der Waals surface area contributed by atoms with Crippen molar-refractivity contribution < 1.29 is 18.7 Å². The van der Waals surface area contributed by atoms with Crippen LogP contribution in [0.3, 0.4) is 0 Å². The van der Waals surface area contributed by atoms with Crippen LogP contribution in [0.5, 0.6) is 0 Å². The zero-order chi connectivity index (χ0) is 16.7. The van der Waals surface area contributed by atoms with Crippen LogP contribution in [-0.4, -0.2) is 18.0 Å². The predicted octanol–water partition coefficient (Wildman–Crippen LogP) is 3.34. The van der Waals surface area contributed by atoms with Crippen LogP contribution in [-0.2, 0) is 20.9 Å². The Hall–Kier alpha value is -1.91. The maximum absolute atomic E-state index is 12.8. The van der Waals surface area contributed by atoms with Crippen molar-refractivity contribution in [2.45, 2.75) is 58.1 Å². The van der Waals surface area contributed by atoms with E-state index in [1.165, 1.54) is 31.4 Å². The summed E-state index contributed by atoms with van der Waals surface area (Å²) in [7, 11) is 0. The van der Waals surface area contributed by atoms with E-state index >= 15 is 0 Å². The van der Waals surface area contributed by atoms with Crippen molar-refractivity contribution in [2.24, 2.45) is 5.92 Å². The van der Waals surface area contributed by atoms with Gasteiger partial charge in [-0.3, -0.25) is 9.59 Å². The third-order valence-corrected chi connectivity index (χ3v) is 4.24. The lowest BCUT2D eigenvalue weighted by Gasteiger charge is -2.21. The Morgan fingerprint density at radius 2 is 1.87 bits per heavy atom. The van der Waals surface area contributed by atoms with Gasteiger partial charge in [-0.1, -0.05) is 31.4 Å². The Bertz CT molecular complexity index is 524. The molecule has 1 aromatic carbocycles. The molecule has 1 atom stereocenters. The number of amides is 1. The van der Waals surface area contributed by atoms with E-state index in [0.717, 1.165) is 18.4 Å². The fourth-order valence-corrected chi connectivity index (χ4v) is 2.86. The molecule has 0 heterocycles. The lowest BCUT2D eigenvalue weighted by Crippen LogP contribution is -2.35. The molecule has 0 aromatic heterocycles. The summed E-state index contributed by atoms with van der Waals surface area (Å²) in [5, 5.41) is 2.69. The minimum atomic E-state index is -0.813. The van der Waals surface area contributed by atoms with Crippen molar-refractivity contribution in [1.82, 2.24) is 5.32 Å². The van der Waals surface area contributed by atoms with Crippen LogP contribution in [0.4, 0.5) is 4.39 Å². The smallest absolute Gasteiger partial charge is 0.306 e. The zero-order valence-electron chi connectivity index (χ0n) is 13.5. The molecule has 5 heteroatoms. The molecule has 0 bridgehead atoms. The summed E-state index contributed by atoms with van der Waals surface area (Å²) in [5.41, 5.74) is 0.792. The second-order valence-electron chi connectivity index (χ2n) is 6.18. The summed E-state index contributed by atoms with van der Waals surface area (Å²) in [6.45, 7) is 1.85. The molecule has 2 rings (SSSR count). The van der Waals surface area contributed by atoms with Gasteiger partial charge in [-0.25, -0.2) is 4.39 Å². The normalized spacial score (nSPS) is 16.6. The molecule has 0 aliphatic heterocycles. The second-order valence-corrected chi connectivity index (χ2v) is 6.18. The quantitative estimate of drug-likeness (QED) is 0.818. The van der Waals surface area contributed by atoms with Crippen LogP contribution < -0.4 is 5.32 Å². The lowest BCUT2D eigenvalue weighted by atomic mass is 9.87. The molecule has 0 radical (unpaired) electrons. The van der Waals surface area contributed by atoms with E-state index in [2.05, 4.69) is 5.32 Å². The fourth-order valence-electron chi connectivity index (χ4n) is 2.86. The molecule has 1 unspecified atom stereocenters. The van der Waals surface area contributed by atoms with Gasteiger partial charge >= 0.3 is 5.97 Å². The Morgan fingerprint density at radius 1 is 1.22 bits per heavy atom. The van der Waals surface area contributed by atoms with Crippen molar-refractivity contribution >= 4 is 11.9 Å². The summed E-state index contributed by atoms with van der Waals surface area (Å²) >= 11 is 0. The minimum absolute atomic E-state index is 0.281. The average molecular weight is 321 g/mol. The van der Waals surface area contributed by atoms with Gasteiger partial charge in [0, 0.05) is 13.0 Å². The van der Waals surface area contributed by atoms with E-state index in [4.69, 9.17) is 4.74 Å². The van der Waals surface area contributed by atoms with Crippen LogP contribution in [0.15, 0.2) is 24.3 Å². The van der Waals surface area contributed by atoms with Gasteiger partial charge in [-0.15, -0.1) is 0 Å². The third-order valence-electron chi connectivity index (χ3n) is 4.24. The first-order valence-corrected chi connectivity index (χ1v) is 8.26. The highest BCUT2D eigenvalue weighted by Gasteiger charge is 2.22.